The van der Waals surface area contributed by atoms with E-state index in [2.05, 4.69) is 58.5 Å². The van der Waals surface area contributed by atoms with Crippen LogP contribution in [0.15, 0.2) is 54.6 Å². The summed E-state index contributed by atoms with van der Waals surface area (Å²) < 4.78 is 0. The molecule has 1 N–H and O–H groups in total. The van der Waals surface area contributed by atoms with Gasteiger partial charge >= 0.3 is 0 Å². The van der Waals surface area contributed by atoms with Crippen molar-refractivity contribution in [2.24, 2.45) is 0 Å². The zero-order valence-corrected chi connectivity index (χ0v) is 17.2. The van der Waals surface area contributed by atoms with Crippen LogP contribution in [-0.2, 0) is 19.5 Å². The van der Waals surface area contributed by atoms with Gasteiger partial charge in [0.15, 0.2) is 0 Å². The molecule has 1 heterocycles. The molecule has 1 amide bonds. The summed E-state index contributed by atoms with van der Waals surface area (Å²) in [6.07, 6.45) is 2.04. The Morgan fingerprint density at radius 2 is 1.71 bits per heavy atom. The van der Waals surface area contributed by atoms with Crippen LogP contribution in [0.25, 0.3) is 0 Å². The lowest BCUT2D eigenvalue weighted by molar-refractivity contribution is 0.102. The maximum Gasteiger partial charge on any atom is 0.286 e. The predicted molar refractivity (Wildman–Crippen MR) is 115 cm³/mol. The van der Waals surface area contributed by atoms with Gasteiger partial charge in [-0.3, -0.25) is 9.69 Å². The number of aromatic nitrogens is 2. The Hall–Kier alpha value is -2.57. The highest BCUT2D eigenvalue weighted by Gasteiger charge is 2.15. The van der Waals surface area contributed by atoms with Crippen molar-refractivity contribution in [1.82, 2.24) is 15.1 Å². The van der Waals surface area contributed by atoms with E-state index in [1.165, 1.54) is 22.5 Å². The van der Waals surface area contributed by atoms with Gasteiger partial charge in [0.05, 0.1) is 6.54 Å². The van der Waals surface area contributed by atoms with Crippen molar-refractivity contribution in [3.63, 3.8) is 0 Å². The fourth-order valence-corrected chi connectivity index (χ4v) is 3.76. The first-order valence-corrected chi connectivity index (χ1v) is 10.5. The number of amides is 1. The lowest BCUT2D eigenvalue weighted by atomic mass is 10.1. The first kappa shape index (κ1) is 20.2. The van der Waals surface area contributed by atoms with Crippen LogP contribution in [0.3, 0.4) is 0 Å². The highest BCUT2D eigenvalue weighted by atomic mass is 32.1. The maximum atomic E-state index is 12.5. The molecule has 0 bridgehead atoms. The Labute approximate surface area is 170 Å². The molecule has 6 heteroatoms. The van der Waals surface area contributed by atoms with Crippen LogP contribution >= 0.6 is 11.3 Å². The molecule has 0 aliphatic carbocycles. The number of nitrogens with one attached hydrogen (secondary N) is 1. The second-order valence-corrected chi connectivity index (χ2v) is 7.76. The van der Waals surface area contributed by atoms with Crippen molar-refractivity contribution in [2.75, 3.05) is 11.9 Å². The summed E-state index contributed by atoms with van der Waals surface area (Å²) in [6.45, 7) is 6.80. The van der Waals surface area contributed by atoms with Gasteiger partial charge in [-0.15, -0.1) is 10.2 Å². The van der Waals surface area contributed by atoms with Crippen LogP contribution in [0.2, 0.25) is 0 Å². The first-order chi connectivity index (χ1) is 13.7. The summed E-state index contributed by atoms with van der Waals surface area (Å²) in [4.78, 5) is 14.8. The van der Waals surface area contributed by atoms with Gasteiger partial charge in [-0.1, -0.05) is 67.6 Å². The van der Waals surface area contributed by atoms with E-state index in [9.17, 15) is 4.79 Å². The minimum absolute atomic E-state index is 0.210. The molecule has 0 saturated carbocycles. The van der Waals surface area contributed by atoms with Crippen molar-refractivity contribution >= 4 is 22.9 Å². The predicted octanol–water partition coefficient (Wildman–Crippen LogP) is 4.77. The van der Waals surface area contributed by atoms with Crippen LogP contribution in [0, 0.1) is 0 Å². The van der Waals surface area contributed by atoms with Gasteiger partial charge in [0, 0.05) is 12.2 Å². The quantitative estimate of drug-likeness (QED) is 0.568. The van der Waals surface area contributed by atoms with E-state index in [1.54, 1.807) is 0 Å². The van der Waals surface area contributed by atoms with Crippen LogP contribution in [0.1, 0.15) is 46.2 Å². The molecule has 0 unspecified atom stereocenters. The van der Waals surface area contributed by atoms with Crippen molar-refractivity contribution in [3.05, 3.63) is 75.7 Å². The van der Waals surface area contributed by atoms with Gasteiger partial charge in [0.2, 0.25) is 5.01 Å². The molecule has 5 nitrogen and oxygen atoms in total. The number of benzene rings is 2. The summed E-state index contributed by atoms with van der Waals surface area (Å²) >= 11 is 1.36. The molecule has 1 aromatic heterocycles. The summed E-state index contributed by atoms with van der Waals surface area (Å²) in [5, 5.41) is 12.5. The zero-order chi connectivity index (χ0) is 19.8. The lowest BCUT2D eigenvalue weighted by Crippen LogP contribution is -2.23. The second-order valence-electron chi connectivity index (χ2n) is 6.70. The number of nitrogens with zero attached hydrogens (tertiary/aromatic N) is 3. The fourth-order valence-electron chi connectivity index (χ4n) is 2.98. The summed E-state index contributed by atoms with van der Waals surface area (Å²) in [6, 6.07) is 18.3. The largest absolute Gasteiger partial charge is 0.320 e. The number of hydrogen-bond acceptors (Lipinski definition) is 5. The molecule has 2 aromatic carbocycles. The molecular weight excluding hydrogens is 368 g/mol. The highest BCUT2D eigenvalue weighted by molar-refractivity contribution is 7.13. The number of anilines is 1. The number of aryl methyl sites for hydroxylation is 1. The normalized spacial score (nSPS) is 11.0. The molecule has 3 rings (SSSR count). The van der Waals surface area contributed by atoms with E-state index in [0.717, 1.165) is 36.6 Å². The van der Waals surface area contributed by atoms with E-state index in [-0.39, 0.29) is 5.91 Å². The second kappa shape index (κ2) is 10.1. The standard InChI is InChI=1S/C22H26N4OS/c1-3-14-26(15-18-8-6-5-7-9-18)16-20-24-25-22(28-20)21(27)23-19-12-10-17(4-2)11-13-19/h5-13H,3-4,14-16H2,1-2H3,(H,23,27). The van der Waals surface area contributed by atoms with E-state index in [0.29, 0.717) is 11.6 Å². The van der Waals surface area contributed by atoms with Gasteiger partial charge in [-0.05, 0) is 42.6 Å². The first-order valence-electron chi connectivity index (χ1n) is 9.67. The number of hydrogen-bond donors (Lipinski definition) is 1. The Balaban J connectivity index is 1.61. The van der Waals surface area contributed by atoms with Crippen LogP contribution in [0.5, 0.6) is 0 Å². The molecule has 0 atom stereocenters. The molecule has 28 heavy (non-hydrogen) atoms. The molecular formula is C22H26N4OS. The van der Waals surface area contributed by atoms with E-state index < -0.39 is 0 Å². The highest BCUT2D eigenvalue weighted by Crippen LogP contribution is 2.17. The van der Waals surface area contributed by atoms with Gasteiger partial charge in [0.25, 0.3) is 5.91 Å². The molecule has 0 saturated heterocycles. The maximum absolute atomic E-state index is 12.5. The van der Waals surface area contributed by atoms with Crippen LogP contribution in [0.4, 0.5) is 5.69 Å². The number of rotatable bonds is 9. The Morgan fingerprint density at radius 3 is 2.39 bits per heavy atom. The Kier molecular flexibility index (Phi) is 7.28. The Morgan fingerprint density at radius 1 is 0.964 bits per heavy atom. The molecule has 0 spiro atoms. The van der Waals surface area contributed by atoms with Crippen molar-refractivity contribution in [3.8, 4) is 0 Å². The number of carbonyl (C=O) groups is 1. The van der Waals surface area contributed by atoms with E-state index >= 15 is 0 Å². The third-order valence-corrected chi connectivity index (χ3v) is 5.34. The molecule has 0 radical (unpaired) electrons. The minimum atomic E-state index is -0.210. The van der Waals surface area contributed by atoms with Gasteiger partial charge < -0.3 is 5.32 Å². The lowest BCUT2D eigenvalue weighted by Gasteiger charge is -2.20. The number of carbonyl (C=O) groups excluding carboxylic acids is 1. The van der Waals surface area contributed by atoms with Crippen molar-refractivity contribution < 1.29 is 4.79 Å². The molecule has 3 aromatic rings. The zero-order valence-electron chi connectivity index (χ0n) is 16.4. The fraction of sp³-hybridized carbons (Fsp3) is 0.318. The monoisotopic (exact) mass is 394 g/mol. The smallest absolute Gasteiger partial charge is 0.286 e. The molecule has 0 fully saturated rings. The molecule has 146 valence electrons. The summed E-state index contributed by atoms with van der Waals surface area (Å²) in [5.41, 5.74) is 3.29. The molecule has 0 aliphatic heterocycles. The third-order valence-electron chi connectivity index (χ3n) is 4.43. The summed E-state index contributed by atoms with van der Waals surface area (Å²) in [5.74, 6) is -0.210. The van der Waals surface area contributed by atoms with Gasteiger partial charge in [0.1, 0.15) is 5.01 Å². The van der Waals surface area contributed by atoms with Crippen molar-refractivity contribution in [1.29, 1.82) is 0 Å². The topological polar surface area (TPSA) is 58.1 Å². The van der Waals surface area contributed by atoms with Gasteiger partial charge in [-0.2, -0.15) is 0 Å². The average molecular weight is 395 g/mol. The summed E-state index contributed by atoms with van der Waals surface area (Å²) in [7, 11) is 0. The van der Waals surface area contributed by atoms with Gasteiger partial charge in [-0.25, -0.2) is 0 Å². The third kappa shape index (κ3) is 5.71. The minimum Gasteiger partial charge on any atom is -0.320 e. The average Bonchev–Trinajstić information content (AvgIpc) is 3.18. The Bertz CT molecular complexity index is 877. The van der Waals surface area contributed by atoms with E-state index in [4.69, 9.17) is 0 Å². The SMILES string of the molecule is CCCN(Cc1ccccc1)Cc1nnc(C(=O)Nc2ccc(CC)cc2)s1. The van der Waals surface area contributed by atoms with Crippen LogP contribution < -0.4 is 5.32 Å². The van der Waals surface area contributed by atoms with E-state index in [1.807, 2.05) is 30.3 Å². The van der Waals surface area contributed by atoms with Crippen molar-refractivity contribution in [2.45, 2.75) is 39.8 Å². The van der Waals surface area contributed by atoms with Crippen LogP contribution in [-0.4, -0.2) is 27.5 Å². The molecule has 0 aliphatic rings.